The SMILES string of the molecule is Cc1ccc(C2(CN)CC2(C)C)c(F)c1. The molecule has 1 aliphatic rings. The van der Waals surface area contributed by atoms with Crippen LogP contribution in [0.2, 0.25) is 0 Å². The largest absolute Gasteiger partial charge is 0.330 e. The Kier molecular flexibility index (Phi) is 2.16. The third-order valence-corrected chi connectivity index (χ3v) is 3.90. The summed E-state index contributed by atoms with van der Waals surface area (Å²) in [5.74, 6) is -0.106. The van der Waals surface area contributed by atoms with E-state index in [0.29, 0.717) is 6.54 Å². The third-order valence-electron chi connectivity index (χ3n) is 3.90. The number of hydrogen-bond acceptors (Lipinski definition) is 1. The molecule has 1 unspecified atom stereocenters. The first-order valence-corrected chi connectivity index (χ1v) is 5.40. The molecule has 0 saturated heterocycles. The Morgan fingerprint density at radius 3 is 2.40 bits per heavy atom. The van der Waals surface area contributed by atoms with Crippen LogP contribution in [-0.2, 0) is 5.41 Å². The molecule has 0 heterocycles. The highest BCUT2D eigenvalue weighted by Crippen LogP contribution is 2.64. The van der Waals surface area contributed by atoms with Gasteiger partial charge in [-0.3, -0.25) is 0 Å². The van der Waals surface area contributed by atoms with Crippen LogP contribution in [0.5, 0.6) is 0 Å². The van der Waals surface area contributed by atoms with Gasteiger partial charge in [-0.25, -0.2) is 4.39 Å². The maximum absolute atomic E-state index is 13.9. The number of halogens is 1. The van der Waals surface area contributed by atoms with E-state index in [4.69, 9.17) is 5.73 Å². The molecule has 0 aromatic heterocycles. The third kappa shape index (κ3) is 1.39. The number of benzene rings is 1. The average molecular weight is 207 g/mol. The van der Waals surface area contributed by atoms with E-state index >= 15 is 0 Å². The van der Waals surface area contributed by atoms with Crippen molar-refractivity contribution in [1.82, 2.24) is 0 Å². The van der Waals surface area contributed by atoms with Crippen molar-refractivity contribution in [3.05, 3.63) is 35.1 Å². The van der Waals surface area contributed by atoms with Crippen LogP contribution < -0.4 is 5.73 Å². The minimum absolute atomic E-state index is 0.106. The van der Waals surface area contributed by atoms with Gasteiger partial charge >= 0.3 is 0 Å². The predicted molar refractivity (Wildman–Crippen MR) is 60.3 cm³/mol. The fraction of sp³-hybridized carbons (Fsp3) is 0.538. The van der Waals surface area contributed by atoms with Gasteiger partial charge in [0.1, 0.15) is 5.82 Å². The van der Waals surface area contributed by atoms with E-state index in [0.717, 1.165) is 17.5 Å². The number of hydrogen-bond donors (Lipinski definition) is 1. The molecule has 1 nitrogen and oxygen atoms in total. The molecule has 1 fully saturated rings. The Bertz CT molecular complexity index is 398. The molecule has 1 aliphatic carbocycles. The lowest BCUT2D eigenvalue weighted by Crippen LogP contribution is -2.26. The summed E-state index contributed by atoms with van der Waals surface area (Å²) in [6, 6.07) is 5.46. The van der Waals surface area contributed by atoms with Crippen LogP contribution in [0.1, 0.15) is 31.4 Å². The van der Waals surface area contributed by atoms with Crippen LogP contribution in [0.25, 0.3) is 0 Å². The molecule has 0 spiro atoms. The summed E-state index contributed by atoms with van der Waals surface area (Å²) in [5, 5.41) is 0. The highest BCUT2D eigenvalue weighted by Gasteiger charge is 2.61. The Morgan fingerprint density at radius 2 is 2.00 bits per heavy atom. The van der Waals surface area contributed by atoms with Crippen molar-refractivity contribution in [2.45, 2.75) is 32.6 Å². The maximum atomic E-state index is 13.9. The zero-order valence-electron chi connectivity index (χ0n) is 9.60. The van der Waals surface area contributed by atoms with Gasteiger partial charge in [-0.15, -0.1) is 0 Å². The average Bonchev–Trinajstić information content (AvgIpc) is 2.69. The number of nitrogens with two attached hydrogens (primary N) is 1. The first-order chi connectivity index (χ1) is 6.93. The molecular formula is C13H18FN. The second kappa shape index (κ2) is 3.05. The smallest absolute Gasteiger partial charge is 0.127 e. The van der Waals surface area contributed by atoms with Crippen LogP contribution in [-0.4, -0.2) is 6.54 Å². The van der Waals surface area contributed by atoms with Crippen LogP contribution in [0, 0.1) is 18.2 Å². The standard InChI is InChI=1S/C13H18FN/c1-9-4-5-10(11(14)6-9)13(8-15)7-12(13,2)3/h4-6H,7-8,15H2,1-3H3. The summed E-state index contributed by atoms with van der Waals surface area (Å²) in [5.41, 5.74) is 7.57. The summed E-state index contributed by atoms with van der Waals surface area (Å²) in [7, 11) is 0. The van der Waals surface area contributed by atoms with Gasteiger partial charge in [0.05, 0.1) is 0 Å². The van der Waals surface area contributed by atoms with Crippen molar-refractivity contribution in [3.63, 3.8) is 0 Å². The van der Waals surface area contributed by atoms with Crippen molar-refractivity contribution < 1.29 is 4.39 Å². The Balaban J connectivity index is 2.46. The molecule has 2 heteroatoms. The second-order valence-corrected chi connectivity index (χ2v) is 5.33. The molecular weight excluding hydrogens is 189 g/mol. The summed E-state index contributed by atoms with van der Waals surface area (Å²) < 4.78 is 13.9. The summed E-state index contributed by atoms with van der Waals surface area (Å²) >= 11 is 0. The molecule has 1 aromatic carbocycles. The molecule has 82 valence electrons. The molecule has 15 heavy (non-hydrogen) atoms. The molecule has 0 amide bonds. The second-order valence-electron chi connectivity index (χ2n) is 5.33. The Morgan fingerprint density at radius 1 is 1.40 bits per heavy atom. The summed E-state index contributed by atoms with van der Waals surface area (Å²) in [6.07, 6.45) is 0.983. The number of rotatable bonds is 2. The topological polar surface area (TPSA) is 26.0 Å². The van der Waals surface area contributed by atoms with Gasteiger partial charge in [-0.05, 0) is 36.0 Å². The lowest BCUT2D eigenvalue weighted by atomic mass is 9.87. The van der Waals surface area contributed by atoms with Gasteiger partial charge in [-0.1, -0.05) is 26.0 Å². The fourth-order valence-electron chi connectivity index (χ4n) is 2.64. The van der Waals surface area contributed by atoms with Gasteiger partial charge in [0.25, 0.3) is 0 Å². The Hall–Kier alpha value is -0.890. The van der Waals surface area contributed by atoms with Gasteiger partial charge < -0.3 is 5.73 Å². The maximum Gasteiger partial charge on any atom is 0.127 e. The zero-order chi connectivity index (χ0) is 11.3. The molecule has 0 radical (unpaired) electrons. The predicted octanol–water partition coefficient (Wildman–Crippen LogP) is 2.76. The van der Waals surface area contributed by atoms with Crippen LogP contribution in [0.4, 0.5) is 4.39 Å². The lowest BCUT2D eigenvalue weighted by Gasteiger charge is -2.19. The first kappa shape index (κ1) is 10.6. The first-order valence-electron chi connectivity index (χ1n) is 5.40. The van der Waals surface area contributed by atoms with E-state index < -0.39 is 0 Å². The molecule has 0 bridgehead atoms. The van der Waals surface area contributed by atoms with Crippen molar-refractivity contribution >= 4 is 0 Å². The minimum atomic E-state index is -0.134. The molecule has 1 aromatic rings. The van der Waals surface area contributed by atoms with Crippen molar-refractivity contribution in [3.8, 4) is 0 Å². The molecule has 1 atom stereocenters. The number of aryl methyl sites for hydroxylation is 1. The van der Waals surface area contributed by atoms with Crippen molar-refractivity contribution in [1.29, 1.82) is 0 Å². The molecule has 2 rings (SSSR count). The fourth-order valence-corrected chi connectivity index (χ4v) is 2.64. The Labute approximate surface area is 90.5 Å². The molecule has 1 saturated carbocycles. The van der Waals surface area contributed by atoms with Crippen molar-refractivity contribution in [2.24, 2.45) is 11.1 Å². The minimum Gasteiger partial charge on any atom is -0.330 e. The summed E-state index contributed by atoms with van der Waals surface area (Å²) in [4.78, 5) is 0. The van der Waals surface area contributed by atoms with Gasteiger partial charge in [0, 0.05) is 12.0 Å². The summed E-state index contributed by atoms with van der Waals surface area (Å²) in [6.45, 7) is 6.73. The molecule has 0 aliphatic heterocycles. The zero-order valence-corrected chi connectivity index (χ0v) is 9.60. The van der Waals surface area contributed by atoms with E-state index in [1.54, 1.807) is 6.07 Å². The van der Waals surface area contributed by atoms with E-state index in [2.05, 4.69) is 13.8 Å². The highest BCUT2D eigenvalue weighted by molar-refractivity contribution is 5.40. The lowest BCUT2D eigenvalue weighted by molar-refractivity contribution is 0.477. The van der Waals surface area contributed by atoms with E-state index in [-0.39, 0.29) is 16.6 Å². The van der Waals surface area contributed by atoms with Gasteiger partial charge in [0.15, 0.2) is 0 Å². The highest BCUT2D eigenvalue weighted by atomic mass is 19.1. The van der Waals surface area contributed by atoms with E-state index in [1.165, 1.54) is 0 Å². The van der Waals surface area contributed by atoms with Crippen LogP contribution >= 0.6 is 0 Å². The monoisotopic (exact) mass is 207 g/mol. The van der Waals surface area contributed by atoms with Gasteiger partial charge in [-0.2, -0.15) is 0 Å². The van der Waals surface area contributed by atoms with Crippen LogP contribution in [0.15, 0.2) is 18.2 Å². The molecule has 2 N–H and O–H groups in total. The van der Waals surface area contributed by atoms with Crippen LogP contribution in [0.3, 0.4) is 0 Å². The van der Waals surface area contributed by atoms with E-state index in [9.17, 15) is 4.39 Å². The van der Waals surface area contributed by atoms with Gasteiger partial charge in [0.2, 0.25) is 0 Å². The van der Waals surface area contributed by atoms with E-state index in [1.807, 2.05) is 19.1 Å². The quantitative estimate of drug-likeness (QED) is 0.793. The van der Waals surface area contributed by atoms with Crippen molar-refractivity contribution in [2.75, 3.05) is 6.54 Å². The normalized spacial score (nSPS) is 27.8.